The lowest BCUT2D eigenvalue weighted by atomic mass is 9.66. The van der Waals surface area contributed by atoms with Crippen LogP contribution in [0.1, 0.15) is 32.6 Å². The quantitative estimate of drug-likeness (QED) is 0.600. The van der Waals surface area contributed by atoms with Gasteiger partial charge in [-0.25, -0.2) is 0 Å². The number of hydrogen-bond acceptors (Lipinski definition) is 1. The van der Waals surface area contributed by atoms with Gasteiger partial charge in [-0.1, -0.05) is 25.7 Å². The summed E-state index contributed by atoms with van der Waals surface area (Å²) in [5.41, 5.74) is 1.63. The van der Waals surface area contributed by atoms with Gasteiger partial charge < -0.3 is 0 Å². The van der Waals surface area contributed by atoms with E-state index in [4.69, 9.17) is 0 Å². The average molecular weight is 176 g/mol. The van der Waals surface area contributed by atoms with Crippen LogP contribution in [0.5, 0.6) is 0 Å². The van der Waals surface area contributed by atoms with Gasteiger partial charge in [0.1, 0.15) is 5.78 Å². The van der Waals surface area contributed by atoms with E-state index in [0.717, 1.165) is 25.7 Å². The monoisotopic (exact) mass is 176 g/mol. The Morgan fingerprint density at radius 1 is 1.69 bits per heavy atom. The van der Waals surface area contributed by atoms with E-state index in [1.54, 1.807) is 0 Å². The number of ketones is 1. The summed E-state index contributed by atoms with van der Waals surface area (Å²) in [7, 11) is 0. The Morgan fingerprint density at radius 2 is 2.46 bits per heavy atom. The maximum Gasteiger partial charge on any atom is 0.133 e. The van der Waals surface area contributed by atoms with Gasteiger partial charge in [0.05, 0.1) is 0 Å². The molecule has 0 spiro atoms. The molecule has 0 amide bonds. The molecule has 0 bridgehead atoms. The number of Topliss-reactive ketones (excluding diaryl/α,β-unsaturated/α-hetero) is 1. The molecule has 0 aromatic rings. The van der Waals surface area contributed by atoms with E-state index in [-0.39, 0.29) is 5.41 Å². The van der Waals surface area contributed by atoms with Crippen LogP contribution in [0.2, 0.25) is 0 Å². The molecule has 2 aliphatic carbocycles. The van der Waals surface area contributed by atoms with Crippen LogP contribution >= 0.6 is 0 Å². The van der Waals surface area contributed by atoms with Gasteiger partial charge in [0.25, 0.3) is 0 Å². The zero-order chi connectivity index (χ0) is 9.47. The number of carbonyl (C=O) groups is 1. The average Bonchev–Trinajstić information content (AvgIpc) is 2.42. The van der Waals surface area contributed by atoms with Crippen molar-refractivity contribution in [3.63, 3.8) is 0 Å². The van der Waals surface area contributed by atoms with E-state index < -0.39 is 0 Å². The second-order valence-electron chi connectivity index (χ2n) is 4.46. The highest BCUT2D eigenvalue weighted by Gasteiger charge is 2.43. The molecule has 2 atom stereocenters. The van der Waals surface area contributed by atoms with Crippen LogP contribution in [0.3, 0.4) is 0 Å². The van der Waals surface area contributed by atoms with E-state index in [2.05, 4.69) is 19.6 Å². The van der Waals surface area contributed by atoms with Crippen LogP contribution in [0.4, 0.5) is 0 Å². The zero-order valence-corrected chi connectivity index (χ0v) is 8.18. The summed E-state index contributed by atoms with van der Waals surface area (Å²) in [5, 5.41) is 0. The van der Waals surface area contributed by atoms with Gasteiger partial charge in [0.2, 0.25) is 0 Å². The molecule has 1 nitrogen and oxygen atoms in total. The van der Waals surface area contributed by atoms with Crippen LogP contribution < -0.4 is 0 Å². The van der Waals surface area contributed by atoms with Gasteiger partial charge in [-0.3, -0.25) is 4.79 Å². The van der Waals surface area contributed by atoms with Gasteiger partial charge in [0, 0.05) is 12.8 Å². The number of rotatable bonds is 1. The van der Waals surface area contributed by atoms with Crippen molar-refractivity contribution in [2.75, 3.05) is 0 Å². The van der Waals surface area contributed by atoms with Gasteiger partial charge in [-0.15, -0.1) is 0 Å². The van der Waals surface area contributed by atoms with Crippen molar-refractivity contribution in [3.05, 3.63) is 24.3 Å². The summed E-state index contributed by atoms with van der Waals surface area (Å²) >= 11 is 0. The van der Waals surface area contributed by atoms with Crippen molar-refractivity contribution < 1.29 is 4.79 Å². The lowest BCUT2D eigenvalue weighted by Gasteiger charge is -2.37. The Morgan fingerprint density at radius 3 is 3.15 bits per heavy atom. The minimum atomic E-state index is 0.260. The molecular weight excluding hydrogens is 160 g/mol. The number of allylic oxidation sites excluding steroid dienone is 3. The lowest BCUT2D eigenvalue weighted by molar-refractivity contribution is -0.123. The molecule has 0 radical (unpaired) electrons. The van der Waals surface area contributed by atoms with Crippen molar-refractivity contribution >= 4 is 5.78 Å². The van der Waals surface area contributed by atoms with Crippen LogP contribution in [0.15, 0.2) is 24.3 Å². The van der Waals surface area contributed by atoms with Crippen molar-refractivity contribution in [1.82, 2.24) is 0 Å². The topological polar surface area (TPSA) is 17.1 Å². The van der Waals surface area contributed by atoms with Crippen LogP contribution in [0, 0.1) is 11.3 Å². The molecule has 1 fully saturated rings. The molecular formula is C12H16O. The van der Waals surface area contributed by atoms with Gasteiger partial charge in [0.15, 0.2) is 0 Å². The third kappa shape index (κ3) is 1.18. The van der Waals surface area contributed by atoms with E-state index in [1.807, 2.05) is 6.08 Å². The van der Waals surface area contributed by atoms with Crippen LogP contribution in [0.25, 0.3) is 0 Å². The predicted octanol–water partition coefficient (Wildman–Crippen LogP) is 2.88. The summed E-state index contributed by atoms with van der Waals surface area (Å²) in [6.45, 7) is 6.13. The molecule has 0 aromatic carbocycles. The Hall–Kier alpha value is -0.850. The first kappa shape index (κ1) is 8.74. The Bertz CT molecular complexity index is 287. The Kier molecular flexibility index (Phi) is 1.90. The molecule has 2 rings (SSSR count). The maximum atomic E-state index is 11.3. The minimum absolute atomic E-state index is 0.260. The largest absolute Gasteiger partial charge is 0.300 e. The summed E-state index contributed by atoms with van der Waals surface area (Å²) in [4.78, 5) is 11.3. The maximum absolute atomic E-state index is 11.3. The van der Waals surface area contributed by atoms with Crippen LogP contribution in [-0.2, 0) is 4.79 Å². The molecule has 70 valence electrons. The first-order valence-corrected chi connectivity index (χ1v) is 5.01. The molecule has 0 aliphatic heterocycles. The molecule has 0 heterocycles. The van der Waals surface area contributed by atoms with Gasteiger partial charge >= 0.3 is 0 Å². The molecule has 0 N–H and O–H groups in total. The number of hydrogen-bond donors (Lipinski definition) is 0. The SMILES string of the molecule is C=CC1=CC[C@@H]2CC(=O)CC[C@]12C. The molecule has 1 saturated carbocycles. The van der Waals surface area contributed by atoms with E-state index in [1.165, 1.54) is 5.57 Å². The normalized spacial score (nSPS) is 38.4. The van der Waals surface area contributed by atoms with Crippen molar-refractivity contribution in [2.45, 2.75) is 32.6 Å². The predicted molar refractivity (Wildman–Crippen MR) is 53.4 cm³/mol. The zero-order valence-electron chi connectivity index (χ0n) is 8.18. The van der Waals surface area contributed by atoms with Crippen molar-refractivity contribution in [2.24, 2.45) is 11.3 Å². The Balaban J connectivity index is 2.26. The fourth-order valence-corrected chi connectivity index (χ4v) is 2.75. The summed E-state index contributed by atoms with van der Waals surface area (Å²) < 4.78 is 0. The minimum Gasteiger partial charge on any atom is -0.300 e. The van der Waals surface area contributed by atoms with Gasteiger partial charge in [-0.2, -0.15) is 0 Å². The van der Waals surface area contributed by atoms with Gasteiger partial charge in [-0.05, 0) is 29.7 Å². The van der Waals surface area contributed by atoms with Crippen LogP contribution in [-0.4, -0.2) is 5.78 Å². The third-order valence-corrected chi connectivity index (χ3v) is 3.80. The first-order chi connectivity index (χ1) is 6.16. The lowest BCUT2D eigenvalue weighted by Crippen LogP contribution is -2.32. The molecule has 1 heteroatoms. The summed E-state index contributed by atoms with van der Waals surface area (Å²) in [6.07, 6.45) is 7.87. The smallest absolute Gasteiger partial charge is 0.133 e. The second kappa shape index (κ2) is 2.83. The summed E-state index contributed by atoms with van der Waals surface area (Å²) in [6, 6.07) is 0. The molecule has 0 unspecified atom stereocenters. The molecule has 13 heavy (non-hydrogen) atoms. The number of fused-ring (bicyclic) bond motifs is 1. The van der Waals surface area contributed by atoms with E-state index in [0.29, 0.717) is 11.7 Å². The standard InChI is InChI=1S/C12H16O/c1-3-9-4-5-10-8-11(13)6-7-12(9,10)2/h3-4,10H,1,5-8H2,2H3/t10-,12-/m1/s1. The molecule has 0 saturated heterocycles. The summed E-state index contributed by atoms with van der Waals surface area (Å²) in [5.74, 6) is 1.00. The Labute approximate surface area is 79.5 Å². The van der Waals surface area contributed by atoms with E-state index in [9.17, 15) is 4.79 Å². The second-order valence-corrected chi connectivity index (χ2v) is 4.46. The molecule has 0 aromatic heterocycles. The fourth-order valence-electron chi connectivity index (χ4n) is 2.75. The van der Waals surface area contributed by atoms with Crippen molar-refractivity contribution in [1.29, 1.82) is 0 Å². The van der Waals surface area contributed by atoms with Crippen molar-refractivity contribution in [3.8, 4) is 0 Å². The highest BCUT2D eigenvalue weighted by atomic mass is 16.1. The fraction of sp³-hybridized carbons (Fsp3) is 0.583. The first-order valence-electron chi connectivity index (χ1n) is 5.01. The highest BCUT2D eigenvalue weighted by Crippen LogP contribution is 2.51. The highest BCUT2D eigenvalue weighted by molar-refractivity contribution is 5.80. The number of carbonyl (C=O) groups excluding carboxylic acids is 1. The third-order valence-electron chi connectivity index (χ3n) is 3.80. The van der Waals surface area contributed by atoms with E-state index >= 15 is 0 Å². The molecule has 2 aliphatic rings.